The van der Waals surface area contributed by atoms with Crippen LogP contribution in [0.5, 0.6) is 5.75 Å². The molecular weight excluding hydrogens is 357 g/mol. The van der Waals surface area contributed by atoms with E-state index < -0.39 is 23.0 Å². The van der Waals surface area contributed by atoms with Gasteiger partial charge in [0.1, 0.15) is 29.9 Å². The number of H-pyrrole nitrogens is 1. The highest BCUT2D eigenvalue weighted by Gasteiger charge is 2.13. The SMILES string of the molecule is Cc1cc(-c2ccc(OCc3cc(F)cc(F)c3)c(F)c2)c(C#N)c(=O)[nH]1. The van der Waals surface area contributed by atoms with Crippen molar-refractivity contribution in [2.45, 2.75) is 13.5 Å². The number of aryl methyl sites for hydroxylation is 1. The summed E-state index contributed by atoms with van der Waals surface area (Å²) in [7, 11) is 0. The Labute approximate surface area is 152 Å². The zero-order valence-corrected chi connectivity index (χ0v) is 14.1. The van der Waals surface area contributed by atoms with Crippen molar-refractivity contribution in [3.8, 4) is 22.9 Å². The van der Waals surface area contributed by atoms with Gasteiger partial charge in [-0.3, -0.25) is 4.79 Å². The van der Waals surface area contributed by atoms with Crippen LogP contribution in [-0.2, 0) is 6.61 Å². The number of nitriles is 1. The van der Waals surface area contributed by atoms with Crippen LogP contribution in [0.1, 0.15) is 16.8 Å². The topological polar surface area (TPSA) is 65.9 Å². The maximum absolute atomic E-state index is 14.4. The number of nitrogens with zero attached hydrogens (tertiary/aromatic N) is 1. The summed E-state index contributed by atoms with van der Waals surface area (Å²) < 4.78 is 46.1. The van der Waals surface area contributed by atoms with Crippen LogP contribution in [0.25, 0.3) is 11.1 Å². The molecule has 7 heteroatoms. The van der Waals surface area contributed by atoms with Crippen molar-refractivity contribution < 1.29 is 17.9 Å². The van der Waals surface area contributed by atoms with Gasteiger partial charge in [-0.05, 0) is 48.4 Å². The number of hydrogen-bond donors (Lipinski definition) is 1. The lowest BCUT2D eigenvalue weighted by atomic mass is 10.0. The van der Waals surface area contributed by atoms with E-state index in [1.807, 2.05) is 6.07 Å². The number of pyridine rings is 1. The Bertz CT molecular complexity index is 1100. The Balaban J connectivity index is 1.89. The molecule has 0 radical (unpaired) electrons. The molecule has 0 bridgehead atoms. The van der Waals surface area contributed by atoms with Gasteiger partial charge in [0, 0.05) is 17.3 Å². The van der Waals surface area contributed by atoms with Gasteiger partial charge < -0.3 is 9.72 Å². The number of rotatable bonds is 4. The average molecular weight is 370 g/mol. The van der Waals surface area contributed by atoms with Crippen LogP contribution in [0.15, 0.2) is 47.3 Å². The van der Waals surface area contributed by atoms with Gasteiger partial charge >= 0.3 is 0 Å². The Kier molecular flexibility index (Phi) is 4.99. The van der Waals surface area contributed by atoms with E-state index in [0.29, 0.717) is 16.8 Å². The van der Waals surface area contributed by atoms with Gasteiger partial charge in [0.2, 0.25) is 0 Å². The average Bonchev–Trinajstić information content (AvgIpc) is 2.59. The zero-order valence-electron chi connectivity index (χ0n) is 14.1. The first-order valence-electron chi connectivity index (χ1n) is 7.89. The summed E-state index contributed by atoms with van der Waals surface area (Å²) >= 11 is 0. The molecule has 1 N–H and O–H groups in total. The smallest absolute Gasteiger partial charge is 0.266 e. The monoisotopic (exact) mass is 370 g/mol. The van der Waals surface area contributed by atoms with Crippen LogP contribution < -0.4 is 10.3 Å². The van der Waals surface area contributed by atoms with Gasteiger partial charge in [-0.1, -0.05) is 6.07 Å². The molecule has 0 atom stereocenters. The lowest BCUT2D eigenvalue weighted by molar-refractivity contribution is 0.289. The Morgan fingerprint density at radius 2 is 1.78 bits per heavy atom. The second-order valence-corrected chi connectivity index (χ2v) is 5.89. The highest BCUT2D eigenvalue weighted by atomic mass is 19.1. The molecule has 0 saturated heterocycles. The van der Waals surface area contributed by atoms with E-state index in [1.54, 1.807) is 13.0 Å². The van der Waals surface area contributed by atoms with Crippen molar-refractivity contribution in [3.05, 3.63) is 87.1 Å². The third kappa shape index (κ3) is 4.01. The quantitative estimate of drug-likeness (QED) is 0.748. The maximum Gasteiger partial charge on any atom is 0.266 e. The molecule has 27 heavy (non-hydrogen) atoms. The van der Waals surface area contributed by atoms with E-state index in [9.17, 15) is 23.2 Å². The third-order valence-electron chi connectivity index (χ3n) is 3.84. The lowest BCUT2D eigenvalue weighted by Gasteiger charge is -2.10. The van der Waals surface area contributed by atoms with Crippen molar-refractivity contribution in [1.82, 2.24) is 4.98 Å². The second kappa shape index (κ2) is 7.38. The number of aromatic amines is 1. The van der Waals surface area contributed by atoms with Crippen molar-refractivity contribution >= 4 is 0 Å². The molecule has 0 fully saturated rings. The molecule has 4 nitrogen and oxygen atoms in total. The number of halogens is 3. The molecule has 0 saturated carbocycles. The molecule has 0 amide bonds. The summed E-state index contributed by atoms with van der Waals surface area (Å²) in [6, 6.07) is 10.3. The summed E-state index contributed by atoms with van der Waals surface area (Å²) in [5.74, 6) is -2.36. The molecule has 0 spiro atoms. The third-order valence-corrected chi connectivity index (χ3v) is 3.84. The summed E-state index contributed by atoms with van der Waals surface area (Å²) in [5.41, 5.74) is 0.708. The van der Waals surface area contributed by atoms with E-state index in [0.717, 1.165) is 24.3 Å². The molecule has 3 aromatic rings. The number of hydrogen-bond acceptors (Lipinski definition) is 3. The Morgan fingerprint density at radius 1 is 1.07 bits per heavy atom. The molecule has 2 aromatic carbocycles. The summed E-state index contributed by atoms with van der Waals surface area (Å²) in [6.07, 6.45) is 0. The largest absolute Gasteiger partial charge is 0.486 e. The Morgan fingerprint density at radius 3 is 2.41 bits per heavy atom. The molecule has 0 aliphatic carbocycles. The van der Waals surface area contributed by atoms with Gasteiger partial charge in [-0.15, -0.1) is 0 Å². The fourth-order valence-electron chi connectivity index (χ4n) is 2.67. The second-order valence-electron chi connectivity index (χ2n) is 5.89. The van der Waals surface area contributed by atoms with Crippen molar-refractivity contribution in [3.63, 3.8) is 0 Å². The minimum absolute atomic E-state index is 0.121. The fourth-order valence-corrected chi connectivity index (χ4v) is 2.67. The minimum Gasteiger partial charge on any atom is -0.486 e. The van der Waals surface area contributed by atoms with Gasteiger partial charge in [0.25, 0.3) is 5.56 Å². The molecule has 1 heterocycles. The number of ether oxygens (including phenoxy) is 1. The van der Waals surface area contributed by atoms with Crippen molar-refractivity contribution in [2.24, 2.45) is 0 Å². The highest BCUT2D eigenvalue weighted by Crippen LogP contribution is 2.27. The van der Waals surface area contributed by atoms with E-state index >= 15 is 0 Å². The molecule has 0 aliphatic rings. The summed E-state index contributed by atoms with van der Waals surface area (Å²) in [5, 5.41) is 9.18. The van der Waals surface area contributed by atoms with E-state index in [2.05, 4.69) is 4.98 Å². The van der Waals surface area contributed by atoms with E-state index in [1.165, 1.54) is 12.1 Å². The van der Waals surface area contributed by atoms with Crippen LogP contribution in [0.2, 0.25) is 0 Å². The van der Waals surface area contributed by atoms with Crippen molar-refractivity contribution in [2.75, 3.05) is 0 Å². The van der Waals surface area contributed by atoms with E-state index in [4.69, 9.17) is 4.74 Å². The number of aromatic nitrogens is 1. The summed E-state index contributed by atoms with van der Waals surface area (Å²) in [6.45, 7) is 1.43. The summed E-state index contributed by atoms with van der Waals surface area (Å²) in [4.78, 5) is 14.4. The van der Waals surface area contributed by atoms with Gasteiger partial charge in [0.15, 0.2) is 11.6 Å². The van der Waals surface area contributed by atoms with Crippen LogP contribution in [0.3, 0.4) is 0 Å². The molecular formula is C20H13F3N2O2. The standard InChI is InChI=1S/C20H13F3N2O2/c1-11-4-16(17(9-24)20(26)25-11)13-2-3-19(18(23)7-13)27-10-12-5-14(21)8-15(22)6-12/h2-8H,10H2,1H3,(H,25,26). The van der Waals surface area contributed by atoms with Crippen LogP contribution >= 0.6 is 0 Å². The molecule has 1 aromatic heterocycles. The van der Waals surface area contributed by atoms with Crippen LogP contribution in [0, 0.1) is 35.7 Å². The van der Waals surface area contributed by atoms with Crippen LogP contribution in [-0.4, -0.2) is 4.98 Å². The lowest BCUT2D eigenvalue weighted by Crippen LogP contribution is -2.12. The molecule has 3 rings (SSSR count). The zero-order chi connectivity index (χ0) is 19.6. The first-order chi connectivity index (χ1) is 12.9. The predicted octanol–water partition coefficient (Wildman–Crippen LogP) is 4.22. The highest BCUT2D eigenvalue weighted by molar-refractivity contribution is 5.71. The van der Waals surface area contributed by atoms with Crippen molar-refractivity contribution in [1.29, 1.82) is 5.26 Å². The van der Waals surface area contributed by atoms with Crippen LogP contribution in [0.4, 0.5) is 13.2 Å². The molecule has 0 aliphatic heterocycles. The van der Waals surface area contributed by atoms with Gasteiger partial charge in [-0.2, -0.15) is 5.26 Å². The number of benzene rings is 2. The number of nitrogens with one attached hydrogen (secondary N) is 1. The van der Waals surface area contributed by atoms with Gasteiger partial charge in [0.05, 0.1) is 0 Å². The normalized spacial score (nSPS) is 10.5. The Hall–Kier alpha value is -3.53. The molecule has 0 unspecified atom stereocenters. The first kappa shape index (κ1) is 18.3. The first-order valence-corrected chi connectivity index (χ1v) is 7.89. The minimum atomic E-state index is -0.752. The maximum atomic E-state index is 14.4. The van der Waals surface area contributed by atoms with Gasteiger partial charge in [-0.25, -0.2) is 13.2 Å². The predicted molar refractivity (Wildman–Crippen MR) is 92.6 cm³/mol. The fraction of sp³-hybridized carbons (Fsp3) is 0.100. The molecule has 136 valence electrons. The van der Waals surface area contributed by atoms with E-state index in [-0.39, 0.29) is 23.5 Å².